The van der Waals surface area contributed by atoms with E-state index in [1.165, 1.54) is 6.07 Å². The fraction of sp³-hybridized carbons (Fsp3) is 0.400. The van der Waals surface area contributed by atoms with Gasteiger partial charge in [0.2, 0.25) is 0 Å². The second kappa shape index (κ2) is 4.23. The first-order valence-electron chi connectivity index (χ1n) is 4.27. The molecule has 72 valence electrons. The van der Waals surface area contributed by atoms with E-state index in [0.29, 0.717) is 17.8 Å². The van der Waals surface area contributed by atoms with Crippen LogP contribution in [0.2, 0.25) is 0 Å². The van der Waals surface area contributed by atoms with Crippen LogP contribution in [-0.2, 0) is 0 Å². The molecule has 1 aromatic rings. The second-order valence-corrected chi connectivity index (χ2v) is 3.19. The minimum absolute atomic E-state index is 0.226. The normalized spacial score (nSPS) is 12.6. The molecule has 2 nitrogen and oxygen atoms in total. The molecule has 1 rings (SSSR count). The van der Waals surface area contributed by atoms with E-state index in [0.717, 1.165) is 0 Å². The van der Waals surface area contributed by atoms with Gasteiger partial charge in [-0.1, -0.05) is 6.07 Å². The molecule has 0 heterocycles. The average Bonchev–Trinajstić information content (AvgIpc) is 2.07. The zero-order chi connectivity index (χ0) is 9.84. The van der Waals surface area contributed by atoms with Crippen molar-refractivity contribution in [3.63, 3.8) is 0 Å². The van der Waals surface area contributed by atoms with E-state index in [4.69, 9.17) is 5.11 Å². The topological polar surface area (TPSA) is 32.3 Å². The van der Waals surface area contributed by atoms with Gasteiger partial charge in [0.1, 0.15) is 5.82 Å². The Morgan fingerprint density at radius 2 is 2.23 bits per heavy atom. The highest BCUT2D eigenvalue weighted by atomic mass is 19.1. The van der Waals surface area contributed by atoms with Crippen molar-refractivity contribution in [2.24, 2.45) is 0 Å². The molecule has 0 saturated carbocycles. The smallest absolute Gasteiger partial charge is 0.128 e. The summed E-state index contributed by atoms with van der Waals surface area (Å²) in [5.41, 5.74) is 1.33. The number of anilines is 1. The largest absolute Gasteiger partial charge is 0.392 e. The highest BCUT2D eigenvalue weighted by molar-refractivity contribution is 5.45. The fourth-order valence-electron chi connectivity index (χ4n) is 0.968. The Balaban J connectivity index is 2.63. The number of halogens is 1. The lowest BCUT2D eigenvalue weighted by Gasteiger charge is -2.08. The molecule has 0 saturated heterocycles. The zero-order valence-corrected chi connectivity index (χ0v) is 7.84. The molecule has 0 radical (unpaired) electrons. The Kier molecular flexibility index (Phi) is 3.25. The summed E-state index contributed by atoms with van der Waals surface area (Å²) in [4.78, 5) is 0. The molecule has 1 aromatic carbocycles. The molecule has 1 atom stereocenters. The summed E-state index contributed by atoms with van der Waals surface area (Å²) in [5.74, 6) is -0.226. The Bertz CT molecular complexity index is 286. The summed E-state index contributed by atoms with van der Waals surface area (Å²) >= 11 is 0. The van der Waals surface area contributed by atoms with E-state index in [1.54, 1.807) is 26.0 Å². The number of aliphatic hydroxyl groups excluding tert-OH is 1. The van der Waals surface area contributed by atoms with Gasteiger partial charge >= 0.3 is 0 Å². The van der Waals surface area contributed by atoms with Crippen LogP contribution >= 0.6 is 0 Å². The molecule has 0 aliphatic heterocycles. The standard InChI is InChI=1S/C10H14FNO/c1-7-3-4-9(5-10(7)11)12-6-8(2)13/h3-5,8,12-13H,6H2,1-2H3/t8-/m1/s1. The lowest BCUT2D eigenvalue weighted by atomic mass is 10.2. The third kappa shape index (κ3) is 3.03. The Morgan fingerprint density at radius 3 is 2.77 bits per heavy atom. The van der Waals surface area contributed by atoms with E-state index in [-0.39, 0.29) is 5.82 Å². The fourth-order valence-corrected chi connectivity index (χ4v) is 0.968. The first kappa shape index (κ1) is 9.99. The lowest BCUT2D eigenvalue weighted by molar-refractivity contribution is 0.208. The Labute approximate surface area is 77.4 Å². The quantitative estimate of drug-likeness (QED) is 0.750. The van der Waals surface area contributed by atoms with Crippen LogP contribution in [0.25, 0.3) is 0 Å². The molecular formula is C10H14FNO. The maximum atomic E-state index is 13.0. The van der Waals surface area contributed by atoms with E-state index in [1.807, 2.05) is 0 Å². The molecule has 2 N–H and O–H groups in total. The van der Waals surface area contributed by atoms with Crippen LogP contribution in [-0.4, -0.2) is 17.8 Å². The predicted octanol–water partition coefficient (Wildman–Crippen LogP) is 1.93. The van der Waals surface area contributed by atoms with Gasteiger partial charge in [-0.25, -0.2) is 4.39 Å². The Hall–Kier alpha value is -1.09. The molecule has 13 heavy (non-hydrogen) atoms. The number of hydrogen-bond donors (Lipinski definition) is 2. The molecule has 3 heteroatoms. The van der Waals surface area contributed by atoms with Crippen molar-refractivity contribution in [3.8, 4) is 0 Å². The minimum atomic E-state index is -0.427. The maximum Gasteiger partial charge on any atom is 0.128 e. The Morgan fingerprint density at radius 1 is 1.54 bits per heavy atom. The van der Waals surface area contributed by atoms with Crippen molar-refractivity contribution in [2.45, 2.75) is 20.0 Å². The molecular weight excluding hydrogens is 169 g/mol. The van der Waals surface area contributed by atoms with Crippen LogP contribution in [0.5, 0.6) is 0 Å². The van der Waals surface area contributed by atoms with Crippen molar-refractivity contribution in [2.75, 3.05) is 11.9 Å². The summed E-state index contributed by atoms with van der Waals surface area (Å²) in [6.07, 6.45) is -0.427. The molecule has 0 aliphatic carbocycles. The first-order valence-corrected chi connectivity index (χ1v) is 4.27. The molecule has 0 aromatic heterocycles. The summed E-state index contributed by atoms with van der Waals surface area (Å²) < 4.78 is 13.0. The zero-order valence-electron chi connectivity index (χ0n) is 7.84. The number of nitrogens with one attached hydrogen (secondary N) is 1. The minimum Gasteiger partial charge on any atom is -0.392 e. The van der Waals surface area contributed by atoms with Crippen LogP contribution in [0.3, 0.4) is 0 Å². The maximum absolute atomic E-state index is 13.0. The van der Waals surface area contributed by atoms with Gasteiger partial charge in [0.25, 0.3) is 0 Å². The third-order valence-electron chi connectivity index (χ3n) is 1.77. The molecule has 0 spiro atoms. The van der Waals surface area contributed by atoms with Gasteiger partial charge in [-0.2, -0.15) is 0 Å². The highest BCUT2D eigenvalue weighted by Crippen LogP contribution is 2.13. The van der Waals surface area contributed by atoms with E-state index in [9.17, 15) is 4.39 Å². The van der Waals surface area contributed by atoms with Gasteiger partial charge in [-0.15, -0.1) is 0 Å². The van der Waals surface area contributed by atoms with E-state index in [2.05, 4.69) is 5.32 Å². The molecule has 0 aliphatic rings. The number of aryl methyl sites for hydroxylation is 1. The van der Waals surface area contributed by atoms with Gasteiger partial charge in [-0.3, -0.25) is 0 Å². The van der Waals surface area contributed by atoms with Crippen molar-refractivity contribution in [1.29, 1.82) is 0 Å². The van der Waals surface area contributed by atoms with Gasteiger partial charge in [0.15, 0.2) is 0 Å². The van der Waals surface area contributed by atoms with Crippen LogP contribution in [0.1, 0.15) is 12.5 Å². The van der Waals surface area contributed by atoms with E-state index < -0.39 is 6.10 Å². The van der Waals surface area contributed by atoms with Gasteiger partial charge in [-0.05, 0) is 31.5 Å². The molecule has 0 amide bonds. The van der Waals surface area contributed by atoms with Gasteiger partial charge in [0, 0.05) is 12.2 Å². The first-order chi connectivity index (χ1) is 6.09. The summed E-state index contributed by atoms with van der Waals surface area (Å²) in [7, 11) is 0. The van der Waals surface area contributed by atoms with Crippen LogP contribution in [0, 0.1) is 12.7 Å². The van der Waals surface area contributed by atoms with E-state index >= 15 is 0 Å². The third-order valence-corrected chi connectivity index (χ3v) is 1.77. The van der Waals surface area contributed by atoms with Crippen molar-refractivity contribution >= 4 is 5.69 Å². The summed E-state index contributed by atoms with van der Waals surface area (Å²) in [6, 6.07) is 4.93. The van der Waals surface area contributed by atoms with Gasteiger partial charge < -0.3 is 10.4 Å². The summed E-state index contributed by atoms with van der Waals surface area (Å²) in [5, 5.41) is 11.9. The summed E-state index contributed by atoms with van der Waals surface area (Å²) in [6.45, 7) is 3.83. The average molecular weight is 183 g/mol. The predicted molar refractivity (Wildman–Crippen MR) is 51.3 cm³/mol. The van der Waals surface area contributed by atoms with Crippen molar-refractivity contribution in [1.82, 2.24) is 0 Å². The molecule has 0 bridgehead atoms. The lowest BCUT2D eigenvalue weighted by Crippen LogP contribution is -2.15. The molecule has 0 unspecified atom stereocenters. The van der Waals surface area contributed by atoms with Crippen molar-refractivity contribution in [3.05, 3.63) is 29.6 Å². The number of rotatable bonds is 3. The van der Waals surface area contributed by atoms with Gasteiger partial charge in [0.05, 0.1) is 6.10 Å². The SMILES string of the molecule is Cc1ccc(NC[C@@H](C)O)cc1F. The van der Waals surface area contributed by atoms with Crippen LogP contribution < -0.4 is 5.32 Å². The van der Waals surface area contributed by atoms with Crippen LogP contribution in [0.15, 0.2) is 18.2 Å². The number of aliphatic hydroxyl groups is 1. The number of benzene rings is 1. The monoisotopic (exact) mass is 183 g/mol. The molecule has 0 fully saturated rings. The number of hydrogen-bond acceptors (Lipinski definition) is 2. The van der Waals surface area contributed by atoms with Crippen molar-refractivity contribution < 1.29 is 9.50 Å². The highest BCUT2D eigenvalue weighted by Gasteiger charge is 1.99. The van der Waals surface area contributed by atoms with Crippen LogP contribution in [0.4, 0.5) is 10.1 Å². The second-order valence-electron chi connectivity index (χ2n) is 3.19.